The van der Waals surface area contributed by atoms with Crippen LogP contribution in [0.5, 0.6) is 0 Å². The first kappa shape index (κ1) is 18.8. The summed E-state index contributed by atoms with van der Waals surface area (Å²) < 4.78 is 0.866. The van der Waals surface area contributed by atoms with Crippen molar-refractivity contribution in [2.24, 2.45) is 5.92 Å². The Balaban J connectivity index is 1.50. The van der Waals surface area contributed by atoms with Crippen molar-refractivity contribution in [3.8, 4) is 0 Å². The lowest BCUT2D eigenvalue weighted by molar-refractivity contribution is 0.0953. The second kappa shape index (κ2) is 10.3. The predicted octanol–water partition coefficient (Wildman–Crippen LogP) is 3.45. The van der Waals surface area contributed by atoms with Gasteiger partial charge >= 0.3 is 6.03 Å². The van der Waals surface area contributed by atoms with E-state index in [4.69, 9.17) is 0 Å². The molecule has 5 nitrogen and oxygen atoms in total. The molecule has 0 unspecified atom stereocenters. The summed E-state index contributed by atoms with van der Waals surface area (Å²) in [6.45, 7) is 1.53. The van der Waals surface area contributed by atoms with E-state index in [-0.39, 0.29) is 11.9 Å². The quantitative estimate of drug-likeness (QED) is 0.589. The Bertz CT molecular complexity index is 545. The van der Waals surface area contributed by atoms with Crippen molar-refractivity contribution in [3.05, 3.63) is 34.3 Å². The fourth-order valence-corrected chi connectivity index (χ4v) is 3.44. The summed E-state index contributed by atoms with van der Waals surface area (Å²) in [6.07, 6.45) is 7.68. The number of amides is 3. The van der Waals surface area contributed by atoms with E-state index < -0.39 is 0 Å². The molecule has 6 heteroatoms. The van der Waals surface area contributed by atoms with Crippen molar-refractivity contribution < 1.29 is 9.59 Å². The summed E-state index contributed by atoms with van der Waals surface area (Å²) >= 11 is 3.34. The predicted molar refractivity (Wildman–Crippen MR) is 99.1 cm³/mol. The number of halogens is 1. The van der Waals surface area contributed by atoms with Crippen LogP contribution in [0.3, 0.4) is 0 Å². The van der Waals surface area contributed by atoms with Crippen LogP contribution in [0, 0.1) is 5.92 Å². The largest absolute Gasteiger partial charge is 0.350 e. The number of nitrogens with one attached hydrogen (secondary N) is 3. The first-order valence-corrected chi connectivity index (χ1v) is 9.50. The minimum absolute atomic E-state index is 0.143. The molecule has 3 N–H and O–H groups in total. The van der Waals surface area contributed by atoms with Gasteiger partial charge in [0.25, 0.3) is 5.91 Å². The molecule has 1 aromatic carbocycles. The van der Waals surface area contributed by atoms with Crippen molar-refractivity contribution in [1.29, 1.82) is 0 Å². The zero-order valence-electron chi connectivity index (χ0n) is 13.9. The summed E-state index contributed by atoms with van der Waals surface area (Å²) in [5.74, 6) is 0.721. The summed E-state index contributed by atoms with van der Waals surface area (Å²) in [5, 5.41) is 8.40. The van der Waals surface area contributed by atoms with Crippen LogP contribution in [0.4, 0.5) is 4.79 Å². The zero-order valence-corrected chi connectivity index (χ0v) is 15.5. The first-order chi connectivity index (χ1) is 11.6. The molecular weight excluding hydrogens is 370 g/mol. The van der Waals surface area contributed by atoms with Gasteiger partial charge < -0.3 is 16.0 Å². The van der Waals surface area contributed by atoms with Gasteiger partial charge in [-0.15, -0.1) is 0 Å². The second-order valence-electron chi connectivity index (χ2n) is 6.24. The Morgan fingerprint density at radius 2 is 1.75 bits per heavy atom. The molecule has 0 atom stereocenters. The Hall–Kier alpha value is -1.56. The number of hydrogen-bond acceptors (Lipinski definition) is 2. The van der Waals surface area contributed by atoms with Gasteiger partial charge in [0.1, 0.15) is 0 Å². The molecule has 1 fully saturated rings. The minimum atomic E-state index is -0.168. The topological polar surface area (TPSA) is 70.2 Å². The van der Waals surface area contributed by atoms with Gasteiger partial charge in [-0.2, -0.15) is 0 Å². The average molecular weight is 396 g/mol. The van der Waals surface area contributed by atoms with Crippen LogP contribution in [-0.2, 0) is 0 Å². The van der Waals surface area contributed by atoms with E-state index in [0.29, 0.717) is 25.2 Å². The van der Waals surface area contributed by atoms with Crippen molar-refractivity contribution in [2.75, 3.05) is 19.6 Å². The number of carbonyl (C=O) groups excluding carboxylic acids is 2. The van der Waals surface area contributed by atoms with Gasteiger partial charge in [0.2, 0.25) is 0 Å². The summed E-state index contributed by atoms with van der Waals surface area (Å²) in [5.41, 5.74) is 0.598. The average Bonchev–Trinajstić information content (AvgIpc) is 3.09. The SMILES string of the molecule is O=C(NCCCC1CCCC1)NCCNC(=O)c1cccc(Br)c1. The van der Waals surface area contributed by atoms with Crippen LogP contribution in [-0.4, -0.2) is 31.6 Å². The van der Waals surface area contributed by atoms with Gasteiger partial charge in [0.05, 0.1) is 0 Å². The highest BCUT2D eigenvalue weighted by atomic mass is 79.9. The van der Waals surface area contributed by atoms with E-state index in [2.05, 4.69) is 31.9 Å². The highest BCUT2D eigenvalue weighted by Gasteiger charge is 2.14. The van der Waals surface area contributed by atoms with Crippen molar-refractivity contribution in [1.82, 2.24) is 16.0 Å². The van der Waals surface area contributed by atoms with Gasteiger partial charge in [0.15, 0.2) is 0 Å². The molecule has 1 saturated carbocycles. The molecular formula is C18H26BrN3O2. The van der Waals surface area contributed by atoms with Crippen molar-refractivity contribution >= 4 is 27.9 Å². The van der Waals surface area contributed by atoms with Gasteiger partial charge in [-0.05, 0) is 37.0 Å². The fraction of sp³-hybridized carbons (Fsp3) is 0.556. The van der Waals surface area contributed by atoms with E-state index in [1.54, 1.807) is 12.1 Å². The van der Waals surface area contributed by atoms with E-state index in [0.717, 1.165) is 16.8 Å². The van der Waals surface area contributed by atoms with E-state index in [9.17, 15) is 9.59 Å². The van der Waals surface area contributed by atoms with Crippen LogP contribution in [0.15, 0.2) is 28.7 Å². The number of rotatable bonds is 8. The number of benzene rings is 1. The summed E-state index contributed by atoms with van der Waals surface area (Å²) in [7, 11) is 0. The smallest absolute Gasteiger partial charge is 0.314 e. The van der Waals surface area contributed by atoms with Gasteiger partial charge in [0, 0.05) is 29.7 Å². The number of hydrogen-bond donors (Lipinski definition) is 3. The third-order valence-corrected chi connectivity index (χ3v) is 4.83. The lowest BCUT2D eigenvalue weighted by Crippen LogP contribution is -2.40. The van der Waals surface area contributed by atoms with E-state index >= 15 is 0 Å². The maximum Gasteiger partial charge on any atom is 0.314 e. The van der Waals surface area contributed by atoms with Crippen molar-refractivity contribution in [2.45, 2.75) is 38.5 Å². The molecule has 2 rings (SSSR count). The Labute approximate surface area is 152 Å². The monoisotopic (exact) mass is 395 g/mol. The molecule has 0 radical (unpaired) electrons. The van der Waals surface area contributed by atoms with Gasteiger partial charge in [-0.25, -0.2) is 4.79 Å². The molecule has 0 spiro atoms. The van der Waals surface area contributed by atoms with E-state index in [1.165, 1.54) is 32.1 Å². The van der Waals surface area contributed by atoms with Crippen LogP contribution in [0.25, 0.3) is 0 Å². The summed E-state index contributed by atoms with van der Waals surface area (Å²) in [4.78, 5) is 23.6. The van der Waals surface area contributed by atoms with Gasteiger partial charge in [-0.3, -0.25) is 4.79 Å². The van der Waals surface area contributed by atoms with Crippen LogP contribution < -0.4 is 16.0 Å². The molecule has 0 aliphatic heterocycles. The number of urea groups is 1. The third kappa shape index (κ3) is 6.91. The van der Waals surface area contributed by atoms with Crippen LogP contribution in [0.1, 0.15) is 48.9 Å². The van der Waals surface area contributed by atoms with Crippen LogP contribution in [0.2, 0.25) is 0 Å². The second-order valence-corrected chi connectivity index (χ2v) is 7.16. The first-order valence-electron chi connectivity index (χ1n) is 8.70. The Kier molecular flexibility index (Phi) is 8.08. The number of carbonyl (C=O) groups is 2. The molecule has 24 heavy (non-hydrogen) atoms. The maximum atomic E-state index is 11.9. The molecule has 0 aromatic heterocycles. The Morgan fingerprint density at radius 3 is 2.50 bits per heavy atom. The van der Waals surface area contributed by atoms with Crippen molar-refractivity contribution in [3.63, 3.8) is 0 Å². The maximum absolute atomic E-state index is 11.9. The third-order valence-electron chi connectivity index (χ3n) is 4.33. The minimum Gasteiger partial charge on any atom is -0.350 e. The molecule has 0 bridgehead atoms. The molecule has 1 aliphatic rings. The molecule has 1 aliphatic carbocycles. The Morgan fingerprint density at radius 1 is 1.04 bits per heavy atom. The highest BCUT2D eigenvalue weighted by Crippen LogP contribution is 2.28. The molecule has 1 aromatic rings. The summed E-state index contributed by atoms with van der Waals surface area (Å²) in [6, 6.07) is 7.04. The zero-order chi connectivity index (χ0) is 17.2. The lowest BCUT2D eigenvalue weighted by Gasteiger charge is -2.10. The normalized spacial score (nSPS) is 14.4. The molecule has 3 amide bonds. The lowest BCUT2D eigenvalue weighted by atomic mass is 10.0. The van der Waals surface area contributed by atoms with E-state index in [1.807, 2.05) is 12.1 Å². The van der Waals surface area contributed by atoms with Gasteiger partial charge in [-0.1, -0.05) is 47.7 Å². The molecule has 0 heterocycles. The standard InChI is InChI=1S/C18H26BrN3O2/c19-16-9-3-8-15(13-16)17(23)20-11-12-22-18(24)21-10-4-7-14-5-1-2-6-14/h3,8-9,13-14H,1-2,4-7,10-12H2,(H,20,23)(H2,21,22,24). The highest BCUT2D eigenvalue weighted by molar-refractivity contribution is 9.10. The molecule has 0 saturated heterocycles. The fourth-order valence-electron chi connectivity index (χ4n) is 3.04. The molecule has 132 valence electrons. The van der Waals surface area contributed by atoms with Crippen LogP contribution >= 0.6 is 15.9 Å².